The maximum absolute atomic E-state index is 12.7. The molecule has 0 radical (unpaired) electrons. The molecule has 0 bridgehead atoms. The largest absolute Gasteiger partial charge is 0.320 e. The molecule has 1 aromatic heterocycles. The van der Waals surface area contributed by atoms with Gasteiger partial charge in [0.15, 0.2) is 5.69 Å². The number of fused-ring (bicyclic) bond motifs is 1. The van der Waals surface area contributed by atoms with Crippen molar-refractivity contribution < 1.29 is 4.79 Å². The highest BCUT2D eigenvalue weighted by Crippen LogP contribution is 2.18. The smallest absolute Gasteiger partial charge is 0.280 e. The average Bonchev–Trinajstić information content (AvgIpc) is 2.62. The van der Waals surface area contributed by atoms with Gasteiger partial charge in [-0.2, -0.15) is 5.10 Å². The third-order valence-electron chi connectivity index (χ3n) is 4.08. The molecule has 6 heteroatoms. The monoisotopic (exact) mass is 355 g/mol. The molecule has 128 valence electrons. The Bertz CT molecular complexity index is 1010. The Morgan fingerprint density at radius 2 is 1.96 bits per heavy atom. The highest BCUT2D eigenvalue weighted by atomic mass is 35.5. The zero-order valence-corrected chi connectivity index (χ0v) is 14.8. The SMILES string of the molecule is CCc1ccccc1NC(=O)c1nn(CC)c2ccc(Cl)cc2c1=O. The van der Waals surface area contributed by atoms with Crippen LogP contribution in [0.15, 0.2) is 47.3 Å². The lowest BCUT2D eigenvalue weighted by Crippen LogP contribution is -2.27. The normalized spacial score (nSPS) is 10.8. The zero-order valence-electron chi connectivity index (χ0n) is 14.0. The number of nitrogens with one attached hydrogen (secondary N) is 1. The van der Waals surface area contributed by atoms with E-state index in [9.17, 15) is 9.59 Å². The second kappa shape index (κ2) is 7.07. The van der Waals surface area contributed by atoms with Gasteiger partial charge in [0.05, 0.1) is 10.9 Å². The van der Waals surface area contributed by atoms with Crippen LogP contribution in [0.25, 0.3) is 10.9 Å². The molecule has 1 N–H and O–H groups in total. The van der Waals surface area contributed by atoms with Crippen molar-refractivity contribution in [3.05, 3.63) is 69.0 Å². The number of carbonyl (C=O) groups is 1. The van der Waals surface area contributed by atoms with Crippen LogP contribution < -0.4 is 10.7 Å². The molecule has 3 rings (SSSR count). The predicted molar refractivity (Wildman–Crippen MR) is 100 cm³/mol. The summed E-state index contributed by atoms with van der Waals surface area (Å²) in [6.07, 6.45) is 0.774. The van der Waals surface area contributed by atoms with E-state index >= 15 is 0 Å². The molecule has 5 nitrogen and oxygen atoms in total. The molecule has 0 saturated carbocycles. The summed E-state index contributed by atoms with van der Waals surface area (Å²) in [5.41, 5.74) is 1.78. The third-order valence-corrected chi connectivity index (χ3v) is 4.31. The van der Waals surface area contributed by atoms with E-state index in [-0.39, 0.29) is 5.69 Å². The first kappa shape index (κ1) is 17.2. The molecule has 0 spiro atoms. The molecule has 0 unspecified atom stereocenters. The number of aromatic nitrogens is 2. The molecule has 0 aliphatic heterocycles. The van der Waals surface area contributed by atoms with Crippen LogP contribution in [0.1, 0.15) is 29.9 Å². The van der Waals surface area contributed by atoms with Crippen LogP contribution in [0.2, 0.25) is 5.02 Å². The summed E-state index contributed by atoms with van der Waals surface area (Å²) in [5, 5.41) is 7.88. The standard InChI is InChI=1S/C19H18ClN3O2/c1-3-12-7-5-6-8-15(12)21-19(25)17-18(24)14-11-13(20)9-10-16(14)23(4-2)22-17/h5-11H,3-4H2,1-2H3,(H,21,25). The number of anilines is 1. The highest BCUT2D eigenvalue weighted by Gasteiger charge is 2.18. The summed E-state index contributed by atoms with van der Waals surface area (Å²) >= 11 is 6.02. The summed E-state index contributed by atoms with van der Waals surface area (Å²) < 4.78 is 1.63. The van der Waals surface area contributed by atoms with Gasteiger partial charge < -0.3 is 5.32 Å². The lowest BCUT2D eigenvalue weighted by Gasteiger charge is -2.12. The molecule has 25 heavy (non-hydrogen) atoms. The maximum atomic E-state index is 12.7. The van der Waals surface area contributed by atoms with Gasteiger partial charge in [-0.15, -0.1) is 0 Å². The van der Waals surface area contributed by atoms with Gasteiger partial charge in [0.1, 0.15) is 0 Å². The first-order valence-electron chi connectivity index (χ1n) is 8.14. The van der Waals surface area contributed by atoms with Crippen molar-refractivity contribution >= 4 is 34.1 Å². The van der Waals surface area contributed by atoms with Gasteiger partial charge in [0.25, 0.3) is 5.91 Å². The summed E-state index contributed by atoms with van der Waals surface area (Å²) in [5.74, 6) is -0.519. The lowest BCUT2D eigenvalue weighted by molar-refractivity contribution is 0.101. The lowest BCUT2D eigenvalue weighted by atomic mass is 10.1. The van der Waals surface area contributed by atoms with E-state index in [2.05, 4.69) is 10.4 Å². The van der Waals surface area contributed by atoms with Gasteiger partial charge in [-0.3, -0.25) is 14.3 Å². The number of aryl methyl sites for hydroxylation is 2. The number of amides is 1. The van der Waals surface area contributed by atoms with Crippen LogP contribution in [0.4, 0.5) is 5.69 Å². The molecular formula is C19H18ClN3O2. The van der Waals surface area contributed by atoms with E-state index in [1.54, 1.807) is 22.9 Å². The van der Waals surface area contributed by atoms with Crippen molar-refractivity contribution in [2.45, 2.75) is 26.8 Å². The minimum atomic E-state index is -0.519. The molecule has 0 atom stereocenters. The summed E-state index contributed by atoms with van der Waals surface area (Å²) in [6, 6.07) is 12.5. The Labute approximate surface area is 150 Å². The fraction of sp³-hybridized carbons (Fsp3) is 0.211. The van der Waals surface area contributed by atoms with Crippen molar-refractivity contribution in [2.24, 2.45) is 0 Å². The average molecular weight is 356 g/mol. The van der Waals surface area contributed by atoms with E-state index in [1.807, 2.05) is 38.1 Å². The fourth-order valence-electron chi connectivity index (χ4n) is 2.78. The molecule has 0 aliphatic rings. The number of hydrogen-bond acceptors (Lipinski definition) is 3. The summed E-state index contributed by atoms with van der Waals surface area (Å²) in [6.45, 7) is 4.44. The first-order valence-corrected chi connectivity index (χ1v) is 8.52. The Morgan fingerprint density at radius 1 is 1.20 bits per heavy atom. The van der Waals surface area contributed by atoms with E-state index in [0.29, 0.717) is 28.2 Å². The van der Waals surface area contributed by atoms with Gasteiger partial charge in [0, 0.05) is 17.3 Å². The second-order valence-corrected chi connectivity index (χ2v) is 6.06. The van der Waals surface area contributed by atoms with Crippen molar-refractivity contribution in [1.29, 1.82) is 0 Å². The van der Waals surface area contributed by atoms with Gasteiger partial charge in [-0.1, -0.05) is 36.7 Å². The summed E-state index contributed by atoms with van der Waals surface area (Å²) in [4.78, 5) is 25.4. The Balaban J connectivity index is 2.10. The number of nitrogens with zero attached hydrogens (tertiary/aromatic N) is 2. The molecule has 0 saturated heterocycles. The number of hydrogen-bond donors (Lipinski definition) is 1. The number of halogens is 1. The molecule has 0 fully saturated rings. The van der Waals surface area contributed by atoms with Crippen LogP contribution in [0.3, 0.4) is 0 Å². The first-order chi connectivity index (χ1) is 12.0. The molecule has 0 aliphatic carbocycles. The molecule has 1 amide bonds. The van der Waals surface area contributed by atoms with E-state index < -0.39 is 11.3 Å². The Morgan fingerprint density at radius 3 is 2.68 bits per heavy atom. The molecule has 2 aromatic carbocycles. The number of para-hydroxylation sites is 1. The molecule has 1 heterocycles. The number of benzene rings is 2. The van der Waals surface area contributed by atoms with Crippen LogP contribution in [-0.2, 0) is 13.0 Å². The highest BCUT2D eigenvalue weighted by molar-refractivity contribution is 6.31. The van der Waals surface area contributed by atoms with E-state index in [1.165, 1.54) is 0 Å². The number of carbonyl (C=O) groups excluding carboxylic acids is 1. The number of rotatable bonds is 4. The van der Waals surface area contributed by atoms with Crippen LogP contribution in [0, 0.1) is 0 Å². The maximum Gasteiger partial charge on any atom is 0.280 e. The summed E-state index contributed by atoms with van der Waals surface area (Å²) in [7, 11) is 0. The minimum absolute atomic E-state index is 0.137. The van der Waals surface area contributed by atoms with Crippen molar-refractivity contribution in [2.75, 3.05) is 5.32 Å². The quantitative estimate of drug-likeness (QED) is 0.772. The Kier molecular flexibility index (Phi) is 4.86. The van der Waals surface area contributed by atoms with Gasteiger partial charge in [-0.25, -0.2) is 0 Å². The van der Waals surface area contributed by atoms with Gasteiger partial charge >= 0.3 is 0 Å². The van der Waals surface area contributed by atoms with E-state index in [4.69, 9.17) is 11.6 Å². The fourth-order valence-corrected chi connectivity index (χ4v) is 2.96. The van der Waals surface area contributed by atoms with Crippen LogP contribution in [0.5, 0.6) is 0 Å². The van der Waals surface area contributed by atoms with Crippen LogP contribution in [-0.4, -0.2) is 15.7 Å². The zero-order chi connectivity index (χ0) is 18.0. The van der Waals surface area contributed by atoms with Crippen molar-refractivity contribution in [3.8, 4) is 0 Å². The van der Waals surface area contributed by atoms with Gasteiger partial charge in [0.2, 0.25) is 5.43 Å². The topological polar surface area (TPSA) is 64.0 Å². The van der Waals surface area contributed by atoms with Crippen molar-refractivity contribution in [3.63, 3.8) is 0 Å². The van der Waals surface area contributed by atoms with Gasteiger partial charge in [-0.05, 0) is 43.2 Å². The Hall–Kier alpha value is -2.66. The van der Waals surface area contributed by atoms with E-state index in [0.717, 1.165) is 12.0 Å². The molecular weight excluding hydrogens is 338 g/mol. The van der Waals surface area contributed by atoms with Crippen LogP contribution >= 0.6 is 11.6 Å². The molecule has 3 aromatic rings. The second-order valence-electron chi connectivity index (χ2n) is 5.62. The third kappa shape index (κ3) is 3.28. The van der Waals surface area contributed by atoms with Crippen molar-refractivity contribution in [1.82, 2.24) is 9.78 Å². The predicted octanol–water partition coefficient (Wildman–Crippen LogP) is 3.88. The minimum Gasteiger partial charge on any atom is -0.320 e.